The first-order valence-electron chi connectivity index (χ1n) is 7.12. The molecular formula is C15H19Cl2N3O2. The molecule has 0 bridgehead atoms. The maximum atomic E-state index is 11.8. The van der Waals surface area contributed by atoms with Crippen LogP contribution in [-0.4, -0.2) is 37.0 Å². The van der Waals surface area contributed by atoms with Crippen LogP contribution in [0.5, 0.6) is 5.75 Å². The van der Waals surface area contributed by atoms with Crippen molar-refractivity contribution in [3.63, 3.8) is 0 Å². The van der Waals surface area contributed by atoms with Crippen LogP contribution in [-0.2, 0) is 4.79 Å². The number of rotatable bonds is 6. The fourth-order valence-corrected chi connectivity index (χ4v) is 2.50. The summed E-state index contributed by atoms with van der Waals surface area (Å²) in [5.74, 6) is 0.154. The first kappa shape index (κ1) is 16.9. The van der Waals surface area contributed by atoms with Crippen molar-refractivity contribution >= 4 is 29.1 Å². The standard InChI is InChI=1S/C15H19Cl2N3O2/c1-2-20-7-5-12(6-8-20)18-19-15(21)10-22-14-4-3-11(16)9-13(14)17/h3-5,9,18H,2,6-8,10H2,1H3,(H,19,21). The topological polar surface area (TPSA) is 53.6 Å². The zero-order valence-electron chi connectivity index (χ0n) is 12.4. The predicted octanol–water partition coefficient (Wildman–Crippen LogP) is 2.60. The lowest BCUT2D eigenvalue weighted by Crippen LogP contribution is -2.42. The minimum absolute atomic E-state index is 0.122. The van der Waals surface area contributed by atoms with E-state index in [4.69, 9.17) is 27.9 Å². The number of benzene rings is 1. The molecule has 1 aliphatic rings. The van der Waals surface area contributed by atoms with Gasteiger partial charge < -0.3 is 10.2 Å². The van der Waals surface area contributed by atoms with Crippen LogP contribution >= 0.6 is 23.2 Å². The summed E-state index contributed by atoms with van der Waals surface area (Å²) in [4.78, 5) is 14.1. The van der Waals surface area contributed by atoms with E-state index in [0.717, 1.165) is 31.8 Å². The molecular weight excluding hydrogens is 325 g/mol. The van der Waals surface area contributed by atoms with Gasteiger partial charge in [-0.05, 0) is 30.8 Å². The Hall–Kier alpha value is -1.43. The SMILES string of the molecule is CCN1CC=C(NNC(=O)COc2ccc(Cl)cc2Cl)CC1. The highest BCUT2D eigenvalue weighted by atomic mass is 35.5. The van der Waals surface area contributed by atoms with Crippen molar-refractivity contribution in [3.8, 4) is 5.75 Å². The summed E-state index contributed by atoms with van der Waals surface area (Å²) in [7, 11) is 0. The Labute approximate surface area is 140 Å². The highest BCUT2D eigenvalue weighted by Gasteiger charge is 2.11. The number of nitrogens with one attached hydrogen (secondary N) is 2. The second kappa shape index (κ2) is 8.27. The molecule has 1 amide bonds. The molecule has 5 nitrogen and oxygen atoms in total. The lowest BCUT2D eigenvalue weighted by atomic mass is 10.2. The molecule has 2 N–H and O–H groups in total. The smallest absolute Gasteiger partial charge is 0.276 e. The van der Waals surface area contributed by atoms with E-state index >= 15 is 0 Å². The number of likely N-dealkylation sites (N-methyl/N-ethyl adjacent to an activating group) is 1. The van der Waals surface area contributed by atoms with Crippen LogP contribution in [0.1, 0.15) is 13.3 Å². The third-order valence-corrected chi connectivity index (χ3v) is 3.89. The van der Waals surface area contributed by atoms with E-state index in [9.17, 15) is 4.79 Å². The van der Waals surface area contributed by atoms with E-state index in [1.807, 2.05) is 0 Å². The highest BCUT2D eigenvalue weighted by Crippen LogP contribution is 2.27. The number of carbonyl (C=O) groups excluding carboxylic acids is 1. The van der Waals surface area contributed by atoms with E-state index in [-0.39, 0.29) is 12.5 Å². The molecule has 0 aromatic heterocycles. The molecule has 1 aromatic rings. The fraction of sp³-hybridized carbons (Fsp3) is 0.400. The summed E-state index contributed by atoms with van der Waals surface area (Å²) in [5, 5.41) is 0.900. The van der Waals surface area contributed by atoms with Crippen molar-refractivity contribution in [1.82, 2.24) is 15.8 Å². The van der Waals surface area contributed by atoms with Crippen LogP contribution in [0, 0.1) is 0 Å². The number of hydrogen-bond donors (Lipinski definition) is 2. The fourth-order valence-electron chi connectivity index (χ4n) is 2.03. The molecule has 1 aliphatic heterocycles. The van der Waals surface area contributed by atoms with Crippen LogP contribution in [0.25, 0.3) is 0 Å². The molecule has 0 saturated heterocycles. The van der Waals surface area contributed by atoms with Gasteiger partial charge in [0.05, 0.1) is 5.02 Å². The van der Waals surface area contributed by atoms with Gasteiger partial charge in [-0.3, -0.25) is 15.1 Å². The molecule has 0 unspecified atom stereocenters. The third kappa shape index (κ3) is 5.09. The minimum Gasteiger partial charge on any atom is -0.482 e. The number of hydrogen-bond acceptors (Lipinski definition) is 4. The molecule has 0 radical (unpaired) electrons. The van der Waals surface area contributed by atoms with Crippen LogP contribution in [0.3, 0.4) is 0 Å². The number of nitrogens with zero attached hydrogens (tertiary/aromatic N) is 1. The Kier molecular flexibility index (Phi) is 6.36. The second-order valence-corrected chi connectivity index (χ2v) is 5.75. The average Bonchev–Trinajstić information content (AvgIpc) is 2.52. The van der Waals surface area contributed by atoms with Gasteiger partial charge in [-0.1, -0.05) is 30.1 Å². The van der Waals surface area contributed by atoms with Crippen LogP contribution < -0.4 is 15.6 Å². The highest BCUT2D eigenvalue weighted by molar-refractivity contribution is 6.35. The van der Waals surface area contributed by atoms with Crippen molar-refractivity contribution in [1.29, 1.82) is 0 Å². The quantitative estimate of drug-likeness (QED) is 0.779. The van der Waals surface area contributed by atoms with E-state index in [1.165, 1.54) is 0 Å². The lowest BCUT2D eigenvalue weighted by Gasteiger charge is -2.25. The van der Waals surface area contributed by atoms with Gasteiger partial charge in [0.1, 0.15) is 5.75 Å². The van der Waals surface area contributed by atoms with Crippen molar-refractivity contribution < 1.29 is 9.53 Å². The van der Waals surface area contributed by atoms with Crippen LogP contribution in [0.15, 0.2) is 30.0 Å². The first-order chi connectivity index (χ1) is 10.6. The second-order valence-electron chi connectivity index (χ2n) is 4.91. The molecule has 2 rings (SSSR count). The molecule has 1 heterocycles. The minimum atomic E-state index is -0.273. The molecule has 0 saturated carbocycles. The molecule has 22 heavy (non-hydrogen) atoms. The number of ether oxygens (including phenoxy) is 1. The van der Waals surface area contributed by atoms with Gasteiger partial charge in [-0.2, -0.15) is 0 Å². The van der Waals surface area contributed by atoms with E-state index in [2.05, 4.69) is 28.8 Å². The molecule has 0 aliphatic carbocycles. The zero-order valence-corrected chi connectivity index (χ0v) is 13.9. The largest absolute Gasteiger partial charge is 0.482 e. The van der Waals surface area contributed by atoms with E-state index < -0.39 is 0 Å². The van der Waals surface area contributed by atoms with Gasteiger partial charge in [-0.15, -0.1) is 0 Å². The third-order valence-electron chi connectivity index (χ3n) is 3.36. The maximum absolute atomic E-state index is 11.8. The van der Waals surface area contributed by atoms with Gasteiger partial charge in [-0.25, -0.2) is 0 Å². The number of halogens is 2. The average molecular weight is 344 g/mol. The Morgan fingerprint density at radius 3 is 2.86 bits per heavy atom. The molecule has 120 valence electrons. The van der Waals surface area contributed by atoms with Gasteiger partial charge in [0.15, 0.2) is 6.61 Å². The van der Waals surface area contributed by atoms with Crippen LogP contribution in [0.4, 0.5) is 0 Å². The van der Waals surface area contributed by atoms with Crippen molar-refractivity contribution in [3.05, 3.63) is 40.0 Å². The molecule has 7 heteroatoms. The number of carbonyl (C=O) groups is 1. The molecule has 0 fully saturated rings. The monoisotopic (exact) mass is 343 g/mol. The van der Waals surface area contributed by atoms with Gasteiger partial charge in [0, 0.05) is 30.2 Å². The van der Waals surface area contributed by atoms with Crippen molar-refractivity contribution in [2.75, 3.05) is 26.2 Å². The van der Waals surface area contributed by atoms with E-state index in [0.29, 0.717) is 15.8 Å². The van der Waals surface area contributed by atoms with Gasteiger partial charge in [0.2, 0.25) is 0 Å². The van der Waals surface area contributed by atoms with Gasteiger partial charge in [0.25, 0.3) is 5.91 Å². The molecule has 0 atom stereocenters. The summed E-state index contributed by atoms with van der Waals surface area (Å²) in [6.45, 7) is 4.93. The lowest BCUT2D eigenvalue weighted by molar-refractivity contribution is -0.123. The maximum Gasteiger partial charge on any atom is 0.276 e. The first-order valence-corrected chi connectivity index (χ1v) is 7.88. The predicted molar refractivity (Wildman–Crippen MR) is 88.0 cm³/mol. The van der Waals surface area contributed by atoms with Crippen molar-refractivity contribution in [2.24, 2.45) is 0 Å². The Balaban J connectivity index is 1.73. The number of hydrazine groups is 1. The summed E-state index contributed by atoms with van der Waals surface area (Å²) < 4.78 is 5.36. The summed E-state index contributed by atoms with van der Waals surface area (Å²) in [5.41, 5.74) is 6.56. The summed E-state index contributed by atoms with van der Waals surface area (Å²) in [6, 6.07) is 4.86. The Morgan fingerprint density at radius 1 is 1.41 bits per heavy atom. The Morgan fingerprint density at radius 2 is 2.23 bits per heavy atom. The van der Waals surface area contributed by atoms with E-state index in [1.54, 1.807) is 18.2 Å². The molecule has 1 aromatic carbocycles. The van der Waals surface area contributed by atoms with Crippen molar-refractivity contribution in [2.45, 2.75) is 13.3 Å². The normalized spacial score (nSPS) is 15.1. The Bertz CT molecular complexity index is 564. The summed E-state index contributed by atoms with van der Waals surface area (Å²) >= 11 is 11.8. The van der Waals surface area contributed by atoms with Crippen LogP contribution in [0.2, 0.25) is 10.0 Å². The summed E-state index contributed by atoms with van der Waals surface area (Å²) in [6.07, 6.45) is 2.96. The number of amides is 1. The van der Waals surface area contributed by atoms with Gasteiger partial charge >= 0.3 is 0 Å². The zero-order chi connectivity index (χ0) is 15.9. The molecule has 0 spiro atoms.